The summed E-state index contributed by atoms with van der Waals surface area (Å²) < 4.78 is 12.5. The number of aromatic nitrogens is 2. The van der Waals surface area contributed by atoms with Crippen LogP contribution in [0.4, 0.5) is 0 Å². The van der Waals surface area contributed by atoms with Crippen molar-refractivity contribution in [3.8, 4) is 5.75 Å². The smallest absolute Gasteiger partial charge is 0.261 e. The number of para-hydroxylation sites is 1. The average Bonchev–Trinajstić information content (AvgIpc) is 2.63. The molecule has 1 aliphatic heterocycles. The number of ether oxygens (including phenoxy) is 2. The summed E-state index contributed by atoms with van der Waals surface area (Å²) in [5.41, 5.74) is 2.56. The molecule has 1 aliphatic rings. The van der Waals surface area contributed by atoms with Crippen molar-refractivity contribution in [2.45, 2.75) is 17.5 Å². The predicted octanol–water partition coefficient (Wildman–Crippen LogP) is 3.75. The van der Waals surface area contributed by atoms with Gasteiger partial charge in [-0.1, -0.05) is 35.5 Å². The van der Waals surface area contributed by atoms with Gasteiger partial charge in [-0.3, -0.25) is 9.36 Å². The minimum atomic E-state index is -0.0501. The van der Waals surface area contributed by atoms with E-state index in [-0.39, 0.29) is 12.4 Å². The van der Waals surface area contributed by atoms with Gasteiger partial charge < -0.3 is 9.47 Å². The standard InChI is InChI=1S/C18H15ClN2O3S/c1-21-17(22)14-4-2-3-5-15(14)20-18(21)25-9-12-7-13(19)6-11-8-23-10-24-16(11)12/h2-7H,8-10H2,1H3. The van der Waals surface area contributed by atoms with E-state index in [0.717, 1.165) is 16.9 Å². The van der Waals surface area contributed by atoms with Crippen LogP contribution in [0.25, 0.3) is 10.9 Å². The highest BCUT2D eigenvalue weighted by Gasteiger charge is 2.17. The number of hydrogen-bond acceptors (Lipinski definition) is 5. The third kappa shape index (κ3) is 3.13. The Balaban J connectivity index is 1.68. The summed E-state index contributed by atoms with van der Waals surface area (Å²) in [6.07, 6.45) is 0. The van der Waals surface area contributed by atoms with E-state index in [1.807, 2.05) is 30.3 Å². The van der Waals surface area contributed by atoms with Gasteiger partial charge in [0.25, 0.3) is 5.56 Å². The van der Waals surface area contributed by atoms with Crippen molar-refractivity contribution < 1.29 is 9.47 Å². The number of thioether (sulfide) groups is 1. The zero-order chi connectivity index (χ0) is 17.4. The minimum Gasteiger partial charge on any atom is -0.467 e. The molecule has 4 rings (SSSR count). The lowest BCUT2D eigenvalue weighted by molar-refractivity contribution is -0.0168. The Morgan fingerprint density at radius 2 is 2.16 bits per heavy atom. The fourth-order valence-corrected chi connectivity index (χ4v) is 4.03. The molecule has 7 heteroatoms. The topological polar surface area (TPSA) is 53.4 Å². The molecule has 0 saturated carbocycles. The number of hydrogen-bond donors (Lipinski definition) is 0. The quantitative estimate of drug-likeness (QED) is 0.516. The number of halogens is 1. The van der Waals surface area contributed by atoms with Gasteiger partial charge in [0.05, 0.1) is 17.5 Å². The van der Waals surface area contributed by atoms with Crippen molar-refractivity contribution in [2.75, 3.05) is 6.79 Å². The van der Waals surface area contributed by atoms with E-state index in [1.165, 1.54) is 11.8 Å². The van der Waals surface area contributed by atoms with E-state index in [4.69, 9.17) is 21.1 Å². The molecule has 0 spiro atoms. The van der Waals surface area contributed by atoms with Crippen molar-refractivity contribution in [3.05, 3.63) is 62.9 Å². The molecule has 128 valence electrons. The average molecular weight is 375 g/mol. The molecule has 0 bridgehead atoms. The first-order valence-electron chi connectivity index (χ1n) is 7.74. The molecule has 0 saturated heterocycles. The molecule has 5 nitrogen and oxygen atoms in total. The lowest BCUT2D eigenvalue weighted by Gasteiger charge is -2.21. The van der Waals surface area contributed by atoms with Crippen LogP contribution >= 0.6 is 23.4 Å². The largest absolute Gasteiger partial charge is 0.467 e. The zero-order valence-corrected chi connectivity index (χ0v) is 15.1. The van der Waals surface area contributed by atoms with E-state index in [0.29, 0.717) is 33.4 Å². The third-order valence-electron chi connectivity index (χ3n) is 4.05. The Bertz CT molecular complexity index is 1020. The van der Waals surface area contributed by atoms with Crippen LogP contribution in [0.5, 0.6) is 5.75 Å². The van der Waals surface area contributed by atoms with E-state index >= 15 is 0 Å². The summed E-state index contributed by atoms with van der Waals surface area (Å²) in [6, 6.07) is 11.1. The van der Waals surface area contributed by atoms with Crippen molar-refractivity contribution in [1.82, 2.24) is 9.55 Å². The monoisotopic (exact) mass is 374 g/mol. The van der Waals surface area contributed by atoms with Crippen molar-refractivity contribution >= 4 is 34.3 Å². The molecule has 0 atom stereocenters. The fourth-order valence-electron chi connectivity index (χ4n) is 2.83. The van der Waals surface area contributed by atoms with Crippen LogP contribution in [0.15, 0.2) is 46.3 Å². The van der Waals surface area contributed by atoms with Crippen molar-refractivity contribution in [3.63, 3.8) is 0 Å². The predicted molar refractivity (Wildman–Crippen MR) is 98.3 cm³/mol. The summed E-state index contributed by atoms with van der Waals surface area (Å²) in [6.45, 7) is 0.722. The number of benzene rings is 2. The summed E-state index contributed by atoms with van der Waals surface area (Å²) in [7, 11) is 1.74. The first-order chi connectivity index (χ1) is 12.1. The van der Waals surface area contributed by atoms with Gasteiger partial charge >= 0.3 is 0 Å². The van der Waals surface area contributed by atoms with Gasteiger partial charge in [0.2, 0.25) is 0 Å². The van der Waals surface area contributed by atoms with Crippen molar-refractivity contribution in [2.24, 2.45) is 7.05 Å². The molecular weight excluding hydrogens is 360 g/mol. The van der Waals surface area contributed by atoms with Crippen LogP contribution in [0.3, 0.4) is 0 Å². The lowest BCUT2D eigenvalue weighted by Crippen LogP contribution is -2.20. The molecule has 25 heavy (non-hydrogen) atoms. The van der Waals surface area contributed by atoms with Gasteiger partial charge in [-0.05, 0) is 24.3 Å². The SMILES string of the molecule is Cn1c(SCc2cc(Cl)cc3c2OCOC3)nc2ccccc2c1=O. The second-order valence-corrected chi connectivity index (χ2v) is 7.11. The van der Waals surface area contributed by atoms with Crippen LogP contribution < -0.4 is 10.3 Å². The van der Waals surface area contributed by atoms with Gasteiger partial charge in [0.1, 0.15) is 5.75 Å². The Labute approximate surface area is 153 Å². The molecule has 0 fully saturated rings. The Morgan fingerprint density at radius 3 is 3.04 bits per heavy atom. The second-order valence-electron chi connectivity index (χ2n) is 5.73. The number of fused-ring (bicyclic) bond motifs is 2. The molecule has 0 radical (unpaired) electrons. The van der Waals surface area contributed by atoms with E-state index < -0.39 is 0 Å². The first kappa shape index (κ1) is 16.4. The van der Waals surface area contributed by atoms with Crippen LogP contribution in [-0.2, 0) is 24.1 Å². The summed E-state index contributed by atoms with van der Waals surface area (Å²) in [5.74, 6) is 1.41. The normalized spacial score (nSPS) is 13.5. The second kappa shape index (κ2) is 6.71. The molecule has 0 aliphatic carbocycles. The molecular formula is C18H15ClN2O3S. The summed E-state index contributed by atoms with van der Waals surface area (Å²) in [5, 5.41) is 1.92. The number of rotatable bonds is 3. The first-order valence-corrected chi connectivity index (χ1v) is 9.10. The third-order valence-corrected chi connectivity index (χ3v) is 5.35. The van der Waals surface area contributed by atoms with Gasteiger partial charge in [-0.2, -0.15) is 0 Å². The maximum atomic E-state index is 12.5. The molecule has 0 N–H and O–H groups in total. The number of nitrogens with zero attached hydrogens (tertiary/aromatic N) is 2. The Hall–Kier alpha value is -2.02. The van der Waals surface area contributed by atoms with E-state index in [2.05, 4.69) is 4.98 Å². The Kier molecular flexibility index (Phi) is 4.41. The molecule has 2 heterocycles. The summed E-state index contributed by atoms with van der Waals surface area (Å²) >= 11 is 7.69. The van der Waals surface area contributed by atoms with Gasteiger partial charge in [-0.15, -0.1) is 0 Å². The van der Waals surface area contributed by atoms with E-state index in [1.54, 1.807) is 17.7 Å². The van der Waals surface area contributed by atoms with Crippen molar-refractivity contribution in [1.29, 1.82) is 0 Å². The van der Waals surface area contributed by atoms with Gasteiger partial charge in [0.15, 0.2) is 11.9 Å². The van der Waals surface area contributed by atoms with Crippen LogP contribution in [0.1, 0.15) is 11.1 Å². The molecule has 0 unspecified atom stereocenters. The highest BCUT2D eigenvalue weighted by atomic mass is 35.5. The Morgan fingerprint density at radius 1 is 1.32 bits per heavy atom. The lowest BCUT2D eigenvalue weighted by atomic mass is 10.1. The van der Waals surface area contributed by atoms with Crippen LogP contribution in [-0.4, -0.2) is 16.3 Å². The highest BCUT2D eigenvalue weighted by molar-refractivity contribution is 7.98. The molecule has 2 aromatic carbocycles. The van der Waals surface area contributed by atoms with Crippen LogP contribution in [0.2, 0.25) is 5.02 Å². The maximum Gasteiger partial charge on any atom is 0.261 e. The van der Waals surface area contributed by atoms with Crippen LogP contribution in [0, 0.1) is 0 Å². The van der Waals surface area contributed by atoms with Gasteiger partial charge in [0, 0.05) is 29.0 Å². The molecule has 3 aromatic rings. The molecule has 1 aromatic heterocycles. The highest BCUT2D eigenvalue weighted by Crippen LogP contribution is 2.35. The summed E-state index contributed by atoms with van der Waals surface area (Å²) in [4.78, 5) is 17.1. The molecule has 0 amide bonds. The minimum absolute atomic E-state index is 0.0501. The maximum absolute atomic E-state index is 12.5. The van der Waals surface area contributed by atoms with E-state index in [9.17, 15) is 4.79 Å². The van der Waals surface area contributed by atoms with Gasteiger partial charge in [-0.25, -0.2) is 4.98 Å². The zero-order valence-electron chi connectivity index (χ0n) is 13.5. The fraction of sp³-hybridized carbons (Fsp3) is 0.222.